The molecule has 0 aliphatic heterocycles. The average Bonchev–Trinajstić information content (AvgIpc) is 2.16. The number of carboxylic acid groups (broad SMARTS) is 1. The topological polar surface area (TPSA) is 46.5 Å². The molecular weight excluding hydrogens is 216 g/mol. The summed E-state index contributed by atoms with van der Waals surface area (Å²) in [6.07, 6.45) is 0. The lowest BCUT2D eigenvalue weighted by Gasteiger charge is -2.10. The van der Waals surface area contributed by atoms with E-state index >= 15 is 0 Å². The van der Waals surface area contributed by atoms with Crippen LogP contribution in [-0.4, -0.2) is 17.7 Å². The van der Waals surface area contributed by atoms with Gasteiger partial charge in [-0.3, -0.25) is 0 Å². The van der Waals surface area contributed by atoms with Crippen molar-refractivity contribution in [2.75, 3.05) is 6.61 Å². The van der Waals surface area contributed by atoms with Crippen LogP contribution in [0.1, 0.15) is 24.2 Å². The molecule has 0 aliphatic rings. The third-order valence-electron chi connectivity index (χ3n) is 1.75. The summed E-state index contributed by atoms with van der Waals surface area (Å²) >= 11 is 5.87. The van der Waals surface area contributed by atoms with Gasteiger partial charge in [-0.05, 0) is 24.1 Å². The Morgan fingerprint density at radius 1 is 1.53 bits per heavy atom. The third kappa shape index (κ3) is 3.44. The van der Waals surface area contributed by atoms with Crippen molar-refractivity contribution in [3.8, 4) is 5.75 Å². The molecule has 82 valence electrons. The van der Waals surface area contributed by atoms with E-state index in [1.807, 2.05) is 13.8 Å². The lowest BCUT2D eigenvalue weighted by atomic mass is 10.2. The van der Waals surface area contributed by atoms with Crippen molar-refractivity contribution in [2.24, 2.45) is 5.92 Å². The van der Waals surface area contributed by atoms with Gasteiger partial charge in [0, 0.05) is 0 Å². The quantitative estimate of drug-likeness (QED) is 0.862. The first-order valence-electron chi connectivity index (χ1n) is 4.66. The maximum Gasteiger partial charge on any atom is 0.335 e. The van der Waals surface area contributed by atoms with Crippen LogP contribution in [0, 0.1) is 5.92 Å². The highest BCUT2D eigenvalue weighted by Gasteiger charge is 2.08. The Morgan fingerprint density at radius 2 is 2.20 bits per heavy atom. The molecule has 0 amide bonds. The zero-order valence-corrected chi connectivity index (χ0v) is 9.41. The van der Waals surface area contributed by atoms with Gasteiger partial charge >= 0.3 is 5.97 Å². The van der Waals surface area contributed by atoms with Gasteiger partial charge in [0.05, 0.1) is 17.2 Å². The number of carbonyl (C=O) groups is 1. The number of hydrogen-bond donors (Lipinski definition) is 1. The molecule has 0 heterocycles. The van der Waals surface area contributed by atoms with Gasteiger partial charge in [-0.25, -0.2) is 4.79 Å². The van der Waals surface area contributed by atoms with E-state index in [2.05, 4.69) is 0 Å². The highest BCUT2D eigenvalue weighted by Crippen LogP contribution is 2.25. The second-order valence-corrected chi connectivity index (χ2v) is 4.06. The van der Waals surface area contributed by atoms with Crippen LogP contribution in [0.2, 0.25) is 5.02 Å². The molecule has 1 aromatic rings. The summed E-state index contributed by atoms with van der Waals surface area (Å²) in [5.74, 6) is -0.194. The van der Waals surface area contributed by atoms with Gasteiger partial charge in [-0.2, -0.15) is 0 Å². The Bertz CT molecular complexity index is 361. The van der Waals surface area contributed by atoms with Crippen molar-refractivity contribution in [3.05, 3.63) is 28.8 Å². The van der Waals surface area contributed by atoms with Crippen molar-refractivity contribution in [1.82, 2.24) is 0 Å². The van der Waals surface area contributed by atoms with E-state index in [4.69, 9.17) is 21.4 Å². The van der Waals surface area contributed by atoms with E-state index in [9.17, 15) is 4.79 Å². The minimum Gasteiger partial charge on any atom is -0.492 e. The molecule has 0 aromatic heterocycles. The number of rotatable bonds is 4. The van der Waals surface area contributed by atoms with E-state index in [0.29, 0.717) is 23.3 Å². The van der Waals surface area contributed by atoms with Gasteiger partial charge < -0.3 is 9.84 Å². The molecule has 3 nitrogen and oxygen atoms in total. The molecule has 0 saturated heterocycles. The maximum atomic E-state index is 10.7. The molecule has 1 rings (SSSR count). The molecule has 0 atom stereocenters. The summed E-state index contributed by atoms with van der Waals surface area (Å²) in [6.45, 7) is 4.53. The standard InChI is InChI=1S/C11H13ClO3/c1-7(2)6-15-10-5-8(11(13)14)3-4-9(10)12/h3-5,7H,6H2,1-2H3,(H,13,14). The molecule has 0 saturated carbocycles. The van der Waals surface area contributed by atoms with Gasteiger partial charge in [0.1, 0.15) is 5.75 Å². The smallest absolute Gasteiger partial charge is 0.335 e. The lowest BCUT2D eigenvalue weighted by molar-refractivity contribution is 0.0696. The van der Waals surface area contributed by atoms with Crippen molar-refractivity contribution in [1.29, 1.82) is 0 Å². The zero-order valence-electron chi connectivity index (χ0n) is 8.66. The van der Waals surface area contributed by atoms with Crippen LogP contribution in [-0.2, 0) is 0 Å². The molecular formula is C11H13ClO3. The molecule has 0 radical (unpaired) electrons. The number of halogens is 1. The molecule has 1 aromatic carbocycles. The van der Waals surface area contributed by atoms with Crippen LogP contribution in [0.4, 0.5) is 0 Å². The fraction of sp³-hybridized carbons (Fsp3) is 0.364. The van der Waals surface area contributed by atoms with Crippen LogP contribution in [0.5, 0.6) is 5.75 Å². The van der Waals surface area contributed by atoms with E-state index in [1.165, 1.54) is 18.2 Å². The Morgan fingerprint density at radius 3 is 2.73 bits per heavy atom. The summed E-state index contributed by atoms with van der Waals surface area (Å²) in [5, 5.41) is 9.21. The predicted octanol–water partition coefficient (Wildman–Crippen LogP) is 3.07. The molecule has 1 N–H and O–H groups in total. The van der Waals surface area contributed by atoms with Gasteiger partial charge in [-0.15, -0.1) is 0 Å². The van der Waals surface area contributed by atoms with Gasteiger partial charge in [0.25, 0.3) is 0 Å². The predicted molar refractivity (Wildman–Crippen MR) is 58.7 cm³/mol. The largest absolute Gasteiger partial charge is 0.492 e. The molecule has 0 aliphatic carbocycles. The highest BCUT2D eigenvalue weighted by molar-refractivity contribution is 6.32. The molecule has 0 bridgehead atoms. The van der Waals surface area contributed by atoms with Gasteiger partial charge in [-0.1, -0.05) is 25.4 Å². The number of benzene rings is 1. The minimum absolute atomic E-state index is 0.179. The van der Waals surface area contributed by atoms with Crippen molar-refractivity contribution < 1.29 is 14.6 Å². The Labute approximate surface area is 93.6 Å². The summed E-state index contributed by atoms with van der Waals surface area (Å²) in [5.41, 5.74) is 0.179. The second-order valence-electron chi connectivity index (χ2n) is 3.66. The van der Waals surface area contributed by atoms with Crippen LogP contribution < -0.4 is 4.74 Å². The van der Waals surface area contributed by atoms with E-state index in [-0.39, 0.29) is 5.56 Å². The SMILES string of the molecule is CC(C)COc1cc(C(=O)O)ccc1Cl. The fourth-order valence-electron chi connectivity index (χ4n) is 1.00. The normalized spacial score (nSPS) is 10.4. The summed E-state index contributed by atoms with van der Waals surface area (Å²) in [7, 11) is 0. The van der Waals surface area contributed by atoms with Crippen LogP contribution >= 0.6 is 11.6 Å². The average molecular weight is 229 g/mol. The van der Waals surface area contributed by atoms with Crippen molar-refractivity contribution in [2.45, 2.75) is 13.8 Å². The van der Waals surface area contributed by atoms with Crippen LogP contribution in [0.25, 0.3) is 0 Å². The van der Waals surface area contributed by atoms with E-state index in [0.717, 1.165) is 0 Å². The van der Waals surface area contributed by atoms with E-state index < -0.39 is 5.97 Å². The first-order valence-corrected chi connectivity index (χ1v) is 5.04. The minimum atomic E-state index is -0.985. The first-order chi connectivity index (χ1) is 7.00. The molecule has 0 fully saturated rings. The van der Waals surface area contributed by atoms with E-state index in [1.54, 1.807) is 0 Å². The number of aromatic carboxylic acids is 1. The van der Waals surface area contributed by atoms with Crippen LogP contribution in [0.15, 0.2) is 18.2 Å². The molecule has 0 unspecified atom stereocenters. The maximum absolute atomic E-state index is 10.7. The first kappa shape index (κ1) is 11.9. The summed E-state index contributed by atoms with van der Waals surface area (Å²) in [4.78, 5) is 10.7. The highest BCUT2D eigenvalue weighted by atomic mass is 35.5. The second kappa shape index (κ2) is 5.03. The summed E-state index contributed by atoms with van der Waals surface area (Å²) < 4.78 is 5.39. The van der Waals surface area contributed by atoms with Gasteiger partial charge in [0.15, 0.2) is 0 Å². The lowest BCUT2D eigenvalue weighted by Crippen LogP contribution is -2.06. The number of carboxylic acids is 1. The molecule has 15 heavy (non-hydrogen) atoms. The number of ether oxygens (including phenoxy) is 1. The summed E-state index contributed by atoms with van der Waals surface area (Å²) in [6, 6.07) is 4.42. The fourth-order valence-corrected chi connectivity index (χ4v) is 1.18. The monoisotopic (exact) mass is 228 g/mol. The van der Waals surface area contributed by atoms with Crippen molar-refractivity contribution >= 4 is 17.6 Å². The Hall–Kier alpha value is -1.22. The van der Waals surface area contributed by atoms with Gasteiger partial charge in [0.2, 0.25) is 0 Å². The Balaban J connectivity index is 2.85. The molecule has 0 spiro atoms. The third-order valence-corrected chi connectivity index (χ3v) is 2.06. The Kier molecular flexibility index (Phi) is 3.97. The van der Waals surface area contributed by atoms with Crippen molar-refractivity contribution in [3.63, 3.8) is 0 Å². The molecule has 4 heteroatoms. The van der Waals surface area contributed by atoms with Crippen LogP contribution in [0.3, 0.4) is 0 Å². The number of hydrogen-bond acceptors (Lipinski definition) is 2. The zero-order chi connectivity index (χ0) is 11.4.